The lowest BCUT2D eigenvalue weighted by Gasteiger charge is -2.25. The van der Waals surface area contributed by atoms with Crippen LogP contribution >= 0.6 is 0 Å². The predicted octanol–water partition coefficient (Wildman–Crippen LogP) is 0.935. The van der Waals surface area contributed by atoms with E-state index in [1.54, 1.807) is 0 Å². The van der Waals surface area contributed by atoms with Gasteiger partial charge in [-0.3, -0.25) is 4.79 Å². The van der Waals surface area contributed by atoms with E-state index in [-0.39, 0.29) is 11.9 Å². The maximum atomic E-state index is 11.1. The van der Waals surface area contributed by atoms with Gasteiger partial charge in [0.25, 0.3) is 0 Å². The fourth-order valence-corrected chi connectivity index (χ4v) is 2.27. The molecule has 1 saturated heterocycles. The van der Waals surface area contributed by atoms with Gasteiger partial charge in [-0.25, -0.2) is 9.97 Å². The van der Waals surface area contributed by atoms with Crippen LogP contribution in [-0.4, -0.2) is 28.5 Å². The van der Waals surface area contributed by atoms with Gasteiger partial charge in [0.05, 0.1) is 0 Å². The number of nitrogen functional groups attached to an aromatic ring is 1. The van der Waals surface area contributed by atoms with Gasteiger partial charge in [0.1, 0.15) is 17.5 Å². The molecule has 19 heavy (non-hydrogen) atoms. The molecule has 1 aromatic rings. The summed E-state index contributed by atoms with van der Waals surface area (Å²) in [7, 11) is 0. The van der Waals surface area contributed by atoms with Crippen molar-refractivity contribution >= 4 is 17.5 Å². The summed E-state index contributed by atoms with van der Waals surface area (Å²) in [6.45, 7) is 2.57. The van der Waals surface area contributed by atoms with Gasteiger partial charge in [-0.1, -0.05) is 0 Å². The van der Waals surface area contributed by atoms with E-state index in [0.717, 1.165) is 36.5 Å². The van der Waals surface area contributed by atoms with Crippen molar-refractivity contribution in [3.8, 4) is 0 Å². The fourth-order valence-electron chi connectivity index (χ4n) is 2.27. The topological polar surface area (TPSA) is 92.9 Å². The van der Waals surface area contributed by atoms with E-state index in [1.165, 1.54) is 0 Å². The predicted molar refractivity (Wildman–Crippen MR) is 72.8 cm³/mol. The first kappa shape index (κ1) is 12.2. The summed E-state index contributed by atoms with van der Waals surface area (Å²) in [6.07, 6.45) is 3.70. The number of aromatic nitrogens is 2. The highest BCUT2D eigenvalue weighted by molar-refractivity contribution is 5.77. The van der Waals surface area contributed by atoms with Gasteiger partial charge in [0, 0.05) is 30.5 Å². The first-order valence-electron chi connectivity index (χ1n) is 6.80. The summed E-state index contributed by atoms with van der Waals surface area (Å²) in [4.78, 5) is 20.1. The number of rotatable bonds is 3. The van der Waals surface area contributed by atoms with E-state index in [1.807, 2.05) is 6.92 Å². The lowest BCUT2D eigenvalue weighted by atomic mass is 10.1. The minimum atomic E-state index is 0.121. The van der Waals surface area contributed by atoms with Crippen LogP contribution in [0.25, 0.3) is 0 Å². The van der Waals surface area contributed by atoms with Crippen molar-refractivity contribution < 1.29 is 4.79 Å². The molecule has 2 fully saturated rings. The van der Waals surface area contributed by atoms with Gasteiger partial charge in [-0.05, 0) is 26.2 Å². The number of amides is 1. The van der Waals surface area contributed by atoms with Crippen LogP contribution in [0.3, 0.4) is 0 Å². The zero-order valence-electron chi connectivity index (χ0n) is 11.1. The number of nitrogens with one attached hydrogen (secondary N) is 2. The third-order valence-electron chi connectivity index (χ3n) is 3.75. The van der Waals surface area contributed by atoms with Crippen molar-refractivity contribution in [1.82, 2.24) is 15.3 Å². The van der Waals surface area contributed by atoms with Crippen LogP contribution in [0, 0.1) is 6.92 Å². The Balaban J connectivity index is 1.77. The first-order valence-corrected chi connectivity index (χ1v) is 6.80. The van der Waals surface area contributed by atoms with Crippen molar-refractivity contribution in [3.63, 3.8) is 0 Å². The summed E-state index contributed by atoms with van der Waals surface area (Å²) >= 11 is 0. The van der Waals surface area contributed by atoms with Crippen LogP contribution in [0.4, 0.5) is 11.6 Å². The number of piperidine rings is 1. The second-order valence-corrected chi connectivity index (χ2v) is 5.40. The van der Waals surface area contributed by atoms with Gasteiger partial charge in [-0.2, -0.15) is 0 Å². The van der Waals surface area contributed by atoms with Crippen LogP contribution in [0.1, 0.15) is 43.0 Å². The molecular formula is C13H19N5O. The molecule has 102 valence electrons. The lowest BCUT2D eigenvalue weighted by Crippen LogP contribution is -2.42. The Morgan fingerprint density at radius 1 is 1.32 bits per heavy atom. The van der Waals surface area contributed by atoms with Crippen LogP contribution in [-0.2, 0) is 4.79 Å². The van der Waals surface area contributed by atoms with Crippen molar-refractivity contribution in [1.29, 1.82) is 0 Å². The van der Waals surface area contributed by atoms with Gasteiger partial charge in [-0.15, -0.1) is 0 Å². The Morgan fingerprint density at radius 2 is 2.11 bits per heavy atom. The molecule has 6 heteroatoms. The largest absolute Gasteiger partial charge is 0.383 e. The van der Waals surface area contributed by atoms with E-state index in [0.29, 0.717) is 24.7 Å². The number of nitrogens with zero attached hydrogens (tertiary/aromatic N) is 2. The number of carbonyl (C=O) groups is 1. The molecule has 1 atom stereocenters. The summed E-state index contributed by atoms with van der Waals surface area (Å²) in [5, 5.41) is 6.25. The Labute approximate surface area is 112 Å². The monoisotopic (exact) mass is 261 g/mol. The van der Waals surface area contributed by atoms with Crippen molar-refractivity contribution in [2.75, 3.05) is 17.6 Å². The second kappa shape index (κ2) is 4.68. The SMILES string of the molecule is Cc1c(N)nc(C2CC2)nc1NC1CCC(=O)NC1. The number of anilines is 2. The molecule has 0 bridgehead atoms. The molecule has 0 radical (unpaired) electrons. The van der Waals surface area contributed by atoms with Gasteiger partial charge >= 0.3 is 0 Å². The highest BCUT2D eigenvalue weighted by atomic mass is 16.1. The van der Waals surface area contributed by atoms with E-state index < -0.39 is 0 Å². The normalized spacial score (nSPS) is 23.0. The molecule has 2 aliphatic rings. The van der Waals surface area contributed by atoms with Crippen LogP contribution in [0.5, 0.6) is 0 Å². The molecule has 3 rings (SSSR count). The Hall–Kier alpha value is -1.85. The third kappa shape index (κ3) is 2.62. The van der Waals surface area contributed by atoms with Gasteiger partial charge < -0.3 is 16.4 Å². The zero-order chi connectivity index (χ0) is 13.4. The zero-order valence-corrected chi connectivity index (χ0v) is 11.1. The average molecular weight is 261 g/mol. The molecule has 1 saturated carbocycles. The summed E-state index contributed by atoms with van der Waals surface area (Å²) in [6, 6.07) is 0.220. The smallest absolute Gasteiger partial charge is 0.220 e. The van der Waals surface area contributed by atoms with Crippen LogP contribution in [0.15, 0.2) is 0 Å². The summed E-state index contributed by atoms with van der Waals surface area (Å²) < 4.78 is 0. The van der Waals surface area contributed by atoms with Crippen molar-refractivity contribution in [3.05, 3.63) is 11.4 Å². The number of carbonyl (C=O) groups excluding carboxylic acids is 1. The Kier molecular flexibility index (Phi) is 3.00. The molecule has 1 unspecified atom stereocenters. The van der Waals surface area contributed by atoms with E-state index >= 15 is 0 Å². The Morgan fingerprint density at radius 3 is 2.74 bits per heavy atom. The highest BCUT2D eigenvalue weighted by Gasteiger charge is 2.28. The molecule has 4 N–H and O–H groups in total. The molecule has 6 nitrogen and oxygen atoms in total. The number of nitrogens with two attached hydrogens (primary N) is 1. The minimum absolute atomic E-state index is 0.121. The fraction of sp³-hybridized carbons (Fsp3) is 0.615. The maximum absolute atomic E-state index is 11.1. The van der Waals surface area contributed by atoms with Gasteiger partial charge in [0.15, 0.2) is 0 Å². The van der Waals surface area contributed by atoms with E-state index in [9.17, 15) is 4.79 Å². The molecule has 1 amide bonds. The minimum Gasteiger partial charge on any atom is -0.383 e. The summed E-state index contributed by atoms with van der Waals surface area (Å²) in [5.74, 6) is 2.82. The van der Waals surface area contributed by atoms with Crippen molar-refractivity contribution in [2.24, 2.45) is 0 Å². The van der Waals surface area contributed by atoms with E-state index in [4.69, 9.17) is 5.73 Å². The van der Waals surface area contributed by atoms with E-state index in [2.05, 4.69) is 20.6 Å². The maximum Gasteiger partial charge on any atom is 0.220 e. The molecule has 1 aromatic heterocycles. The van der Waals surface area contributed by atoms with Crippen molar-refractivity contribution in [2.45, 2.75) is 44.6 Å². The number of hydrogen-bond donors (Lipinski definition) is 3. The van der Waals surface area contributed by atoms with Crippen LogP contribution in [0.2, 0.25) is 0 Å². The molecule has 1 aliphatic heterocycles. The number of hydrogen-bond acceptors (Lipinski definition) is 5. The molecular weight excluding hydrogens is 242 g/mol. The third-order valence-corrected chi connectivity index (χ3v) is 3.75. The first-order chi connectivity index (χ1) is 9.13. The standard InChI is InChI=1S/C13H19N5O/c1-7-11(14)17-13(8-2-3-8)18-12(7)16-9-4-5-10(19)15-6-9/h8-9H,2-6H2,1H3,(H,15,19)(H3,14,16,17,18). The molecule has 0 aromatic carbocycles. The molecule has 0 spiro atoms. The summed E-state index contributed by atoms with van der Waals surface area (Å²) in [5.41, 5.74) is 6.84. The highest BCUT2D eigenvalue weighted by Crippen LogP contribution is 2.39. The van der Waals surface area contributed by atoms with Crippen LogP contribution < -0.4 is 16.4 Å². The second-order valence-electron chi connectivity index (χ2n) is 5.40. The quantitative estimate of drug-likeness (QED) is 0.753. The van der Waals surface area contributed by atoms with Gasteiger partial charge in [0.2, 0.25) is 5.91 Å². The molecule has 2 heterocycles. The average Bonchev–Trinajstić information content (AvgIpc) is 3.21. The molecule has 1 aliphatic carbocycles. The Bertz CT molecular complexity index is 502. The lowest BCUT2D eigenvalue weighted by molar-refractivity contribution is -0.122.